The number of hydrogen-bond acceptors (Lipinski definition) is 7. The molecule has 0 heterocycles. The molecule has 0 saturated heterocycles. The summed E-state index contributed by atoms with van der Waals surface area (Å²) in [4.78, 5) is 24.3. The van der Waals surface area contributed by atoms with Crippen molar-refractivity contribution in [2.75, 3.05) is 40.4 Å². The van der Waals surface area contributed by atoms with Gasteiger partial charge in [0.25, 0.3) is 5.91 Å². The van der Waals surface area contributed by atoms with Crippen molar-refractivity contribution in [3.8, 4) is 23.0 Å². The average molecular weight is 375 g/mol. The molecule has 0 atom stereocenters. The number of carbonyl (C=O) groups excluding carboxylic acids is 2. The number of amides is 1. The average Bonchev–Trinajstić information content (AvgIpc) is 2.71. The molecule has 0 fully saturated rings. The van der Waals surface area contributed by atoms with Crippen molar-refractivity contribution in [2.45, 2.75) is 0 Å². The molecule has 1 N–H and O–H groups in total. The van der Waals surface area contributed by atoms with Gasteiger partial charge in [-0.05, 0) is 24.3 Å². The monoisotopic (exact) mass is 375 g/mol. The van der Waals surface area contributed by atoms with Crippen molar-refractivity contribution in [1.29, 1.82) is 0 Å². The number of ether oxygens (including phenoxy) is 5. The predicted octanol–water partition coefficient (Wildman–Crippen LogP) is 2.52. The fourth-order valence-electron chi connectivity index (χ4n) is 2.29. The molecule has 1 amide bonds. The van der Waals surface area contributed by atoms with Crippen molar-refractivity contribution >= 4 is 17.6 Å². The lowest BCUT2D eigenvalue weighted by Crippen LogP contribution is -2.21. The van der Waals surface area contributed by atoms with Crippen LogP contribution in [0.4, 0.5) is 5.69 Å². The van der Waals surface area contributed by atoms with Gasteiger partial charge in [-0.1, -0.05) is 0 Å². The summed E-state index contributed by atoms with van der Waals surface area (Å²) in [6.07, 6.45) is 0. The van der Waals surface area contributed by atoms with E-state index in [1.807, 2.05) is 0 Å². The van der Waals surface area contributed by atoms with Crippen molar-refractivity contribution in [3.63, 3.8) is 0 Å². The molecule has 0 aliphatic heterocycles. The van der Waals surface area contributed by atoms with Crippen molar-refractivity contribution in [3.05, 3.63) is 42.0 Å². The van der Waals surface area contributed by atoms with Gasteiger partial charge in [0, 0.05) is 17.8 Å². The Labute approximate surface area is 156 Å². The van der Waals surface area contributed by atoms with Crippen LogP contribution in [0.15, 0.2) is 36.4 Å². The number of nitrogens with one attached hydrogen (secondary N) is 1. The first-order valence-corrected chi connectivity index (χ1v) is 7.93. The molecule has 0 radical (unpaired) electrons. The third-order valence-electron chi connectivity index (χ3n) is 3.63. The number of anilines is 1. The summed E-state index contributed by atoms with van der Waals surface area (Å²) < 4.78 is 25.6. The predicted molar refractivity (Wildman–Crippen MR) is 98.0 cm³/mol. The van der Waals surface area contributed by atoms with Crippen molar-refractivity contribution < 1.29 is 33.3 Å². The van der Waals surface area contributed by atoms with Crippen LogP contribution in [0.5, 0.6) is 23.0 Å². The Morgan fingerprint density at radius 2 is 1.52 bits per heavy atom. The molecule has 2 aromatic carbocycles. The van der Waals surface area contributed by atoms with E-state index in [0.717, 1.165) is 0 Å². The van der Waals surface area contributed by atoms with E-state index in [9.17, 15) is 9.59 Å². The van der Waals surface area contributed by atoms with Gasteiger partial charge >= 0.3 is 5.97 Å². The number of hydrogen-bond donors (Lipinski definition) is 1. The van der Waals surface area contributed by atoms with Gasteiger partial charge in [0.05, 0.1) is 28.4 Å². The normalized spacial score (nSPS) is 9.93. The zero-order chi connectivity index (χ0) is 19.8. The minimum absolute atomic E-state index is 0.192. The van der Waals surface area contributed by atoms with Gasteiger partial charge in [0.15, 0.2) is 18.1 Å². The highest BCUT2D eigenvalue weighted by molar-refractivity contribution is 5.97. The van der Waals surface area contributed by atoms with Gasteiger partial charge < -0.3 is 29.0 Å². The van der Waals surface area contributed by atoms with Crippen LogP contribution in [0.3, 0.4) is 0 Å². The third-order valence-corrected chi connectivity index (χ3v) is 3.63. The molecule has 2 aromatic rings. The molecule has 8 nitrogen and oxygen atoms in total. The maximum atomic E-state index is 12.2. The van der Waals surface area contributed by atoms with Gasteiger partial charge in [-0.3, -0.25) is 4.79 Å². The van der Waals surface area contributed by atoms with E-state index >= 15 is 0 Å². The molecule has 27 heavy (non-hydrogen) atoms. The molecule has 0 spiro atoms. The van der Waals surface area contributed by atoms with Gasteiger partial charge in [-0.2, -0.15) is 0 Å². The Hall–Kier alpha value is -3.42. The van der Waals surface area contributed by atoms with E-state index in [4.69, 9.17) is 23.7 Å². The van der Waals surface area contributed by atoms with E-state index in [-0.39, 0.29) is 5.56 Å². The van der Waals surface area contributed by atoms with Crippen LogP contribution in [-0.2, 0) is 9.53 Å². The van der Waals surface area contributed by atoms with Crippen LogP contribution in [-0.4, -0.2) is 46.9 Å². The standard InChI is InChI=1S/C19H21NO7/c1-23-13-6-7-14(16(10-13)25-3)19(22)27-11-18(21)20-12-5-8-15(24-2)17(9-12)26-4/h5-10H,11H2,1-4H3,(H,20,21). The second-order valence-electron chi connectivity index (χ2n) is 5.26. The maximum absolute atomic E-state index is 12.2. The highest BCUT2D eigenvalue weighted by atomic mass is 16.5. The van der Waals surface area contributed by atoms with E-state index in [2.05, 4.69) is 5.32 Å². The minimum Gasteiger partial charge on any atom is -0.497 e. The van der Waals surface area contributed by atoms with Gasteiger partial charge in [-0.25, -0.2) is 4.79 Å². The molecule has 0 aliphatic rings. The Morgan fingerprint density at radius 3 is 2.15 bits per heavy atom. The Morgan fingerprint density at radius 1 is 0.815 bits per heavy atom. The molecular weight excluding hydrogens is 354 g/mol. The number of carbonyl (C=O) groups is 2. The van der Waals surface area contributed by atoms with Gasteiger partial charge in [0.1, 0.15) is 17.1 Å². The third kappa shape index (κ3) is 5.04. The Balaban J connectivity index is 1.98. The maximum Gasteiger partial charge on any atom is 0.342 e. The molecule has 8 heteroatoms. The highest BCUT2D eigenvalue weighted by Crippen LogP contribution is 2.29. The van der Waals surface area contributed by atoms with Crippen LogP contribution >= 0.6 is 0 Å². The smallest absolute Gasteiger partial charge is 0.342 e. The lowest BCUT2D eigenvalue weighted by Gasteiger charge is -2.12. The molecule has 0 aliphatic carbocycles. The van der Waals surface area contributed by atoms with E-state index in [1.165, 1.54) is 34.5 Å². The summed E-state index contributed by atoms with van der Waals surface area (Å²) in [6.45, 7) is -0.456. The molecule has 0 unspecified atom stereocenters. The van der Waals surface area contributed by atoms with Gasteiger partial charge in [-0.15, -0.1) is 0 Å². The first-order chi connectivity index (χ1) is 13.0. The summed E-state index contributed by atoms with van der Waals surface area (Å²) in [5, 5.41) is 2.62. The summed E-state index contributed by atoms with van der Waals surface area (Å²) in [7, 11) is 5.94. The quantitative estimate of drug-likeness (QED) is 0.709. The number of rotatable bonds is 8. The lowest BCUT2D eigenvalue weighted by molar-refractivity contribution is -0.119. The van der Waals surface area contributed by atoms with Crippen molar-refractivity contribution in [2.24, 2.45) is 0 Å². The number of benzene rings is 2. The summed E-state index contributed by atoms with van der Waals surface area (Å²) >= 11 is 0. The largest absolute Gasteiger partial charge is 0.497 e. The molecule has 0 bridgehead atoms. The lowest BCUT2D eigenvalue weighted by atomic mass is 10.2. The van der Waals surface area contributed by atoms with Crippen molar-refractivity contribution in [1.82, 2.24) is 0 Å². The molecule has 0 aromatic heterocycles. The summed E-state index contributed by atoms with van der Waals surface area (Å²) in [5.74, 6) is 0.651. The van der Waals surface area contributed by atoms with E-state index in [0.29, 0.717) is 28.7 Å². The Kier molecular flexibility index (Phi) is 6.87. The highest BCUT2D eigenvalue weighted by Gasteiger charge is 2.16. The summed E-state index contributed by atoms with van der Waals surface area (Å²) in [5.41, 5.74) is 0.674. The molecular formula is C19H21NO7. The van der Waals surface area contributed by atoms with Crippen LogP contribution in [0.25, 0.3) is 0 Å². The second-order valence-corrected chi connectivity index (χ2v) is 5.26. The minimum atomic E-state index is -0.683. The molecule has 2 rings (SSSR count). The van der Waals surface area contributed by atoms with E-state index in [1.54, 1.807) is 30.3 Å². The first kappa shape index (κ1) is 19.9. The van der Waals surface area contributed by atoms with Crippen LogP contribution in [0.1, 0.15) is 10.4 Å². The zero-order valence-corrected chi connectivity index (χ0v) is 15.5. The molecule has 0 saturated carbocycles. The topological polar surface area (TPSA) is 92.3 Å². The zero-order valence-electron chi connectivity index (χ0n) is 15.5. The number of esters is 1. The second kappa shape index (κ2) is 9.33. The fraction of sp³-hybridized carbons (Fsp3) is 0.263. The fourth-order valence-corrected chi connectivity index (χ4v) is 2.29. The Bertz CT molecular complexity index is 820. The van der Waals surface area contributed by atoms with Crippen LogP contribution in [0.2, 0.25) is 0 Å². The van der Waals surface area contributed by atoms with Gasteiger partial charge in [0.2, 0.25) is 0 Å². The SMILES string of the molecule is COc1ccc(C(=O)OCC(=O)Nc2ccc(OC)c(OC)c2)c(OC)c1. The van der Waals surface area contributed by atoms with E-state index < -0.39 is 18.5 Å². The molecule has 144 valence electrons. The summed E-state index contributed by atoms with van der Waals surface area (Å²) in [6, 6.07) is 9.57. The van der Waals surface area contributed by atoms with Crippen LogP contribution < -0.4 is 24.3 Å². The number of methoxy groups -OCH3 is 4. The van der Waals surface area contributed by atoms with Crippen LogP contribution in [0, 0.1) is 0 Å². The first-order valence-electron chi connectivity index (χ1n) is 7.93.